The van der Waals surface area contributed by atoms with E-state index >= 15 is 0 Å². The average molecular weight is 517 g/mol. The van der Waals surface area contributed by atoms with Gasteiger partial charge < -0.3 is 9.47 Å². The molecule has 1 aliphatic heterocycles. The summed E-state index contributed by atoms with van der Waals surface area (Å²) in [4.78, 5) is 14.9. The number of carbonyl (C=O) groups is 1. The number of para-hydroxylation sites is 1. The quantitative estimate of drug-likeness (QED) is 0.273. The minimum atomic E-state index is -4.35. The Morgan fingerprint density at radius 1 is 0.971 bits per heavy atom. The summed E-state index contributed by atoms with van der Waals surface area (Å²) in [6, 6.07) is 18.2. The van der Waals surface area contributed by atoms with Crippen LogP contribution in [0, 0.1) is 0 Å². The second kappa shape index (κ2) is 9.25. The third-order valence-electron chi connectivity index (χ3n) is 6.54. The van der Waals surface area contributed by atoms with Gasteiger partial charge >= 0.3 is 6.18 Å². The molecule has 1 atom stereocenters. The number of benzene rings is 3. The van der Waals surface area contributed by atoms with Gasteiger partial charge in [-0.05, 0) is 53.9 Å². The molecule has 1 saturated heterocycles. The smallest absolute Gasteiger partial charge is 0.343 e. The van der Waals surface area contributed by atoms with Gasteiger partial charge in [-0.2, -0.15) is 13.2 Å². The highest BCUT2D eigenvalue weighted by atomic mass is 35.5. The van der Waals surface area contributed by atoms with Crippen LogP contribution in [0.1, 0.15) is 39.4 Å². The van der Waals surface area contributed by atoms with Gasteiger partial charge in [0.2, 0.25) is 0 Å². The third-order valence-corrected chi connectivity index (χ3v) is 7.27. The second-order valence-electron chi connectivity index (χ2n) is 8.79. The zero-order valence-corrected chi connectivity index (χ0v) is 20.0. The average Bonchev–Trinajstić information content (AvgIpc) is 3.46. The number of rotatable bonds is 4. The first-order chi connectivity index (χ1) is 16.7. The number of hydrogen-bond acceptors (Lipinski definition) is 1. The van der Waals surface area contributed by atoms with E-state index in [4.69, 9.17) is 23.2 Å². The molecule has 0 spiro atoms. The van der Waals surface area contributed by atoms with Crippen LogP contribution in [0.15, 0.2) is 72.9 Å². The molecule has 3 nitrogen and oxygen atoms in total. The summed E-state index contributed by atoms with van der Waals surface area (Å²) < 4.78 is 40.8. The van der Waals surface area contributed by atoms with Crippen LogP contribution in [0.5, 0.6) is 0 Å². The predicted molar refractivity (Wildman–Crippen MR) is 132 cm³/mol. The molecule has 1 amide bonds. The van der Waals surface area contributed by atoms with Crippen LogP contribution in [0.25, 0.3) is 10.9 Å². The number of hydrogen-bond donors (Lipinski definition) is 0. The largest absolute Gasteiger partial charge is 0.416 e. The highest BCUT2D eigenvalue weighted by Gasteiger charge is 2.31. The zero-order valence-electron chi connectivity index (χ0n) is 18.5. The molecular weight excluding hydrogens is 496 g/mol. The Bertz CT molecular complexity index is 1400. The van der Waals surface area contributed by atoms with Gasteiger partial charge in [-0.1, -0.05) is 53.5 Å². The number of halogens is 5. The molecule has 5 rings (SSSR count). The van der Waals surface area contributed by atoms with E-state index in [2.05, 4.69) is 16.8 Å². The summed E-state index contributed by atoms with van der Waals surface area (Å²) in [6.45, 7) is 1.66. The number of likely N-dealkylation sites (tertiary alicyclic amines) is 1. The molecule has 0 bridgehead atoms. The van der Waals surface area contributed by atoms with Gasteiger partial charge in [0.05, 0.1) is 15.6 Å². The van der Waals surface area contributed by atoms with Crippen molar-refractivity contribution in [3.8, 4) is 0 Å². The van der Waals surface area contributed by atoms with Crippen molar-refractivity contribution in [2.24, 2.45) is 0 Å². The van der Waals surface area contributed by atoms with E-state index in [9.17, 15) is 18.0 Å². The van der Waals surface area contributed by atoms with Crippen molar-refractivity contribution in [3.63, 3.8) is 0 Å². The maximum atomic E-state index is 13.0. The molecule has 0 radical (unpaired) electrons. The number of nitrogens with zero attached hydrogens (tertiary/aromatic N) is 2. The van der Waals surface area contributed by atoms with E-state index in [-0.39, 0.29) is 11.8 Å². The summed E-state index contributed by atoms with van der Waals surface area (Å²) >= 11 is 12.1. The Hall–Kier alpha value is -2.96. The predicted octanol–water partition coefficient (Wildman–Crippen LogP) is 7.64. The van der Waals surface area contributed by atoms with Crippen LogP contribution in [0.2, 0.25) is 10.0 Å². The molecule has 0 saturated carbocycles. The van der Waals surface area contributed by atoms with Crippen LogP contribution in [-0.4, -0.2) is 28.5 Å². The molecule has 35 heavy (non-hydrogen) atoms. The number of fused-ring (bicyclic) bond motifs is 1. The van der Waals surface area contributed by atoms with Crippen LogP contribution in [0.4, 0.5) is 13.2 Å². The zero-order chi connectivity index (χ0) is 24.7. The number of aromatic nitrogens is 1. The second-order valence-corrected chi connectivity index (χ2v) is 9.60. The summed E-state index contributed by atoms with van der Waals surface area (Å²) in [5.41, 5.74) is 2.78. The lowest BCUT2D eigenvalue weighted by atomic mass is 9.98. The maximum Gasteiger partial charge on any atom is 0.416 e. The van der Waals surface area contributed by atoms with Gasteiger partial charge in [0.25, 0.3) is 5.91 Å². The SMILES string of the molecule is O=C(c1ccc(Cl)c(Cl)c1)N1CCC(c2cn(Cc3ccc(C(F)(F)F)cc3)c3ccccc23)C1. The Balaban J connectivity index is 1.39. The lowest BCUT2D eigenvalue weighted by Crippen LogP contribution is -2.28. The van der Waals surface area contributed by atoms with Crippen molar-refractivity contribution in [2.45, 2.75) is 25.1 Å². The Labute approximate surface area is 210 Å². The van der Waals surface area contributed by atoms with Crippen molar-refractivity contribution in [1.29, 1.82) is 0 Å². The van der Waals surface area contributed by atoms with Crippen LogP contribution >= 0.6 is 23.2 Å². The van der Waals surface area contributed by atoms with Gasteiger partial charge in [-0.25, -0.2) is 0 Å². The lowest BCUT2D eigenvalue weighted by Gasteiger charge is -2.17. The van der Waals surface area contributed by atoms with Crippen molar-refractivity contribution in [3.05, 3.63) is 105 Å². The van der Waals surface area contributed by atoms with Crippen molar-refractivity contribution >= 4 is 40.0 Å². The van der Waals surface area contributed by atoms with E-state index in [0.29, 0.717) is 35.2 Å². The van der Waals surface area contributed by atoms with Crippen LogP contribution in [0.3, 0.4) is 0 Å². The monoisotopic (exact) mass is 516 g/mol. The first-order valence-corrected chi connectivity index (χ1v) is 11.9. The molecular formula is C27H21Cl2F3N2O. The summed E-state index contributed by atoms with van der Waals surface area (Å²) in [5.74, 6) is 0.0695. The molecule has 8 heteroatoms. The molecule has 1 fully saturated rings. The minimum absolute atomic E-state index is 0.0837. The van der Waals surface area contributed by atoms with Gasteiger partial charge in [-0.15, -0.1) is 0 Å². The normalized spacial score (nSPS) is 16.3. The number of carbonyl (C=O) groups excluding carboxylic acids is 1. The van der Waals surface area contributed by atoms with Gasteiger partial charge in [0, 0.05) is 48.2 Å². The van der Waals surface area contributed by atoms with Crippen LogP contribution in [-0.2, 0) is 12.7 Å². The molecule has 4 aromatic rings. The highest BCUT2D eigenvalue weighted by molar-refractivity contribution is 6.42. The fraction of sp³-hybridized carbons (Fsp3) is 0.222. The van der Waals surface area contributed by atoms with E-state index in [1.54, 1.807) is 18.2 Å². The first-order valence-electron chi connectivity index (χ1n) is 11.2. The van der Waals surface area contributed by atoms with E-state index < -0.39 is 11.7 Å². The minimum Gasteiger partial charge on any atom is -0.343 e. The Kier molecular flexibility index (Phi) is 6.28. The fourth-order valence-corrected chi connectivity index (χ4v) is 5.04. The lowest BCUT2D eigenvalue weighted by molar-refractivity contribution is -0.137. The third kappa shape index (κ3) is 4.78. The molecule has 0 N–H and O–H groups in total. The van der Waals surface area contributed by atoms with E-state index in [0.717, 1.165) is 40.6 Å². The highest BCUT2D eigenvalue weighted by Crippen LogP contribution is 2.35. The Morgan fingerprint density at radius 3 is 2.43 bits per heavy atom. The van der Waals surface area contributed by atoms with E-state index in [1.807, 2.05) is 23.1 Å². The standard InChI is InChI=1S/C27H21Cl2F3N2O/c28-23-10-7-18(13-24(23)29)26(35)33-12-11-19(15-33)22-16-34(25-4-2-1-3-21(22)25)14-17-5-8-20(9-6-17)27(30,31)32/h1-10,13,16,19H,11-12,14-15H2. The first kappa shape index (κ1) is 23.8. The maximum absolute atomic E-state index is 13.0. The van der Waals surface area contributed by atoms with Crippen molar-refractivity contribution in [2.75, 3.05) is 13.1 Å². The summed E-state index contributed by atoms with van der Waals surface area (Å²) in [7, 11) is 0. The van der Waals surface area contributed by atoms with Crippen molar-refractivity contribution < 1.29 is 18.0 Å². The fourth-order valence-electron chi connectivity index (χ4n) is 4.74. The molecule has 1 aliphatic rings. The van der Waals surface area contributed by atoms with Crippen LogP contribution < -0.4 is 0 Å². The number of alkyl halides is 3. The molecule has 1 unspecified atom stereocenters. The van der Waals surface area contributed by atoms with Crippen molar-refractivity contribution in [1.82, 2.24) is 9.47 Å². The topological polar surface area (TPSA) is 25.2 Å². The van der Waals surface area contributed by atoms with Gasteiger partial charge in [0.1, 0.15) is 0 Å². The molecule has 2 heterocycles. The molecule has 180 valence electrons. The van der Waals surface area contributed by atoms with E-state index in [1.165, 1.54) is 12.1 Å². The van der Waals surface area contributed by atoms with Gasteiger partial charge in [-0.3, -0.25) is 4.79 Å². The number of amides is 1. The summed E-state index contributed by atoms with van der Waals surface area (Å²) in [5, 5.41) is 1.84. The molecule has 3 aromatic carbocycles. The summed E-state index contributed by atoms with van der Waals surface area (Å²) in [6.07, 6.45) is -1.46. The Morgan fingerprint density at radius 2 is 1.71 bits per heavy atom. The molecule has 0 aliphatic carbocycles. The van der Waals surface area contributed by atoms with Gasteiger partial charge in [0.15, 0.2) is 0 Å². The molecule has 1 aromatic heterocycles.